The van der Waals surface area contributed by atoms with Crippen molar-refractivity contribution in [1.82, 2.24) is 15.2 Å². The van der Waals surface area contributed by atoms with Gasteiger partial charge in [0.2, 0.25) is 5.89 Å². The third-order valence-corrected chi connectivity index (χ3v) is 4.04. The molecule has 1 aliphatic heterocycles. The zero-order chi connectivity index (χ0) is 17.3. The molecule has 0 aliphatic carbocycles. The van der Waals surface area contributed by atoms with Gasteiger partial charge in [-0.3, -0.25) is 9.69 Å². The smallest absolute Gasteiger partial charge is 0.325 e. The number of carbonyl (C=O) groups excluding carboxylic acids is 2. The van der Waals surface area contributed by atoms with Gasteiger partial charge in [-0.2, -0.15) is 0 Å². The van der Waals surface area contributed by atoms with E-state index in [-0.39, 0.29) is 18.5 Å². The number of benzene rings is 1. The third kappa shape index (κ3) is 3.18. The van der Waals surface area contributed by atoms with Crippen molar-refractivity contribution >= 4 is 11.9 Å². The SMILES string of the molecule is Cc1oc(-c2ccccc2)nc1CN1C(=O)NC(CC(C)C)C1=O. The standard InChI is InChI=1S/C18H21N3O3/c1-11(2)9-14-17(22)21(18(23)20-14)10-15-12(3)24-16(19-15)13-7-5-4-6-8-13/h4-8,11,14H,9-10H2,1-3H3,(H,20,23). The minimum Gasteiger partial charge on any atom is -0.441 e. The van der Waals surface area contributed by atoms with E-state index in [2.05, 4.69) is 10.3 Å². The summed E-state index contributed by atoms with van der Waals surface area (Å²) in [5.74, 6) is 1.24. The molecular weight excluding hydrogens is 306 g/mol. The first-order chi connectivity index (χ1) is 11.5. The number of oxazole rings is 1. The molecule has 0 saturated carbocycles. The molecule has 3 rings (SSSR count). The quantitative estimate of drug-likeness (QED) is 0.856. The Bertz CT molecular complexity index is 752. The molecule has 6 heteroatoms. The van der Waals surface area contributed by atoms with Gasteiger partial charge in [0.05, 0.1) is 6.54 Å². The molecule has 2 heterocycles. The molecule has 3 amide bonds. The average molecular weight is 327 g/mol. The van der Waals surface area contributed by atoms with Gasteiger partial charge in [-0.05, 0) is 31.4 Å². The summed E-state index contributed by atoms with van der Waals surface area (Å²) in [5, 5.41) is 2.74. The first-order valence-electron chi connectivity index (χ1n) is 8.09. The normalized spacial score (nSPS) is 17.7. The van der Waals surface area contributed by atoms with E-state index in [4.69, 9.17) is 4.42 Å². The summed E-state index contributed by atoms with van der Waals surface area (Å²) >= 11 is 0. The second-order valence-corrected chi connectivity index (χ2v) is 6.44. The van der Waals surface area contributed by atoms with E-state index in [1.165, 1.54) is 4.90 Å². The Balaban J connectivity index is 1.78. The topological polar surface area (TPSA) is 75.4 Å². The molecule has 1 N–H and O–H groups in total. The maximum atomic E-state index is 12.4. The molecule has 24 heavy (non-hydrogen) atoms. The predicted octanol–water partition coefficient (Wildman–Crippen LogP) is 3.12. The van der Waals surface area contributed by atoms with Crippen molar-refractivity contribution in [3.8, 4) is 11.5 Å². The van der Waals surface area contributed by atoms with Crippen LogP contribution >= 0.6 is 0 Å². The second kappa shape index (κ2) is 6.47. The van der Waals surface area contributed by atoms with Gasteiger partial charge in [0, 0.05) is 5.56 Å². The molecule has 1 fully saturated rings. The van der Waals surface area contributed by atoms with Crippen molar-refractivity contribution in [3.05, 3.63) is 41.8 Å². The maximum absolute atomic E-state index is 12.4. The number of aromatic nitrogens is 1. The third-order valence-electron chi connectivity index (χ3n) is 4.04. The molecule has 1 saturated heterocycles. The second-order valence-electron chi connectivity index (χ2n) is 6.44. The highest BCUT2D eigenvalue weighted by Crippen LogP contribution is 2.24. The Morgan fingerprint density at radius 2 is 1.96 bits per heavy atom. The summed E-state index contributed by atoms with van der Waals surface area (Å²) in [7, 11) is 0. The maximum Gasteiger partial charge on any atom is 0.325 e. The summed E-state index contributed by atoms with van der Waals surface area (Å²) in [6, 6.07) is 8.73. The Labute approximate surface area is 140 Å². The Hall–Kier alpha value is -2.63. The van der Waals surface area contributed by atoms with Crippen LogP contribution in [0.5, 0.6) is 0 Å². The van der Waals surface area contributed by atoms with Gasteiger partial charge in [0.15, 0.2) is 0 Å². The number of nitrogens with one attached hydrogen (secondary N) is 1. The fourth-order valence-electron chi connectivity index (χ4n) is 2.79. The van der Waals surface area contributed by atoms with Crippen LogP contribution in [0, 0.1) is 12.8 Å². The van der Waals surface area contributed by atoms with Crippen LogP contribution in [0.2, 0.25) is 0 Å². The van der Waals surface area contributed by atoms with Crippen molar-refractivity contribution in [2.24, 2.45) is 5.92 Å². The number of rotatable bonds is 5. The number of hydrogen-bond acceptors (Lipinski definition) is 4. The Kier molecular flexibility index (Phi) is 4.38. The minimum absolute atomic E-state index is 0.126. The number of nitrogens with zero attached hydrogens (tertiary/aromatic N) is 2. The molecular formula is C18H21N3O3. The van der Waals surface area contributed by atoms with E-state index in [0.29, 0.717) is 29.7 Å². The molecule has 6 nitrogen and oxygen atoms in total. The number of aryl methyl sites for hydroxylation is 1. The molecule has 0 radical (unpaired) electrons. The van der Waals surface area contributed by atoms with Crippen molar-refractivity contribution in [3.63, 3.8) is 0 Å². The van der Waals surface area contributed by atoms with Crippen LogP contribution in [-0.2, 0) is 11.3 Å². The highest BCUT2D eigenvalue weighted by Gasteiger charge is 2.38. The number of carbonyl (C=O) groups is 2. The van der Waals surface area contributed by atoms with Gasteiger partial charge in [-0.1, -0.05) is 32.0 Å². The van der Waals surface area contributed by atoms with Crippen LogP contribution in [0.25, 0.3) is 11.5 Å². The van der Waals surface area contributed by atoms with E-state index in [1.807, 2.05) is 44.2 Å². The lowest BCUT2D eigenvalue weighted by Gasteiger charge is -2.12. The largest absolute Gasteiger partial charge is 0.441 e. The Morgan fingerprint density at radius 3 is 2.62 bits per heavy atom. The molecule has 1 unspecified atom stereocenters. The zero-order valence-corrected chi connectivity index (χ0v) is 14.1. The van der Waals surface area contributed by atoms with Crippen molar-refractivity contribution < 1.29 is 14.0 Å². The van der Waals surface area contributed by atoms with Crippen LogP contribution < -0.4 is 5.32 Å². The predicted molar refractivity (Wildman–Crippen MR) is 89.0 cm³/mol. The molecule has 0 bridgehead atoms. The minimum atomic E-state index is -0.446. The van der Waals surface area contributed by atoms with Crippen LogP contribution in [0.4, 0.5) is 4.79 Å². The number of imide groups is 1. The van der Waals surface area contributed by atoms with Gasteiger partial charge in [0.25, 0.3) is 5.91 Å². The van der Waals surface area contributed by atoms with Crippen molar-refractivity contribution in [1.29, 1.82) is 0 Å². The van der Waals surface area contributed by atoms with Gasteiger partial charge in [-0.25, -0.2) is 9.78 Å². The van der Waals surface area contributed by atoms with Crippen LogP contribution in [0.15, 0.2) is 34.7 Å². The van der Waals surface area contributed by atoms with E-state index < -0.39 is 6.04 Å². The van der Waals surface area contributed by atoms with Gasteiger partial charge >= 0.3 is 6.03 Å². The van der Waals surface area contributed by atoms with E-state index in [0.717, 1.165) is 5.56 Å². The van der Waals surface area contributed by atoms with Gasteiger partial charge < -0.3 is 9.73 Å². The average Bonchev–Trinajstić information content (AvgIpc) is 3.03. The first-order valence-corrected chi connectivity index (χ1v) is 8.09. The van der Waals surface area contributed by atoms with Crippen LogP contribution in [-0.4, -0.2) is 27.9 Å². The summed E-state index contributed by atoms with van der Waals surface area (Å²) in [6.45, 7) is 5.96. The van der Waals surface area contributed by atoms with Crippen molar-refractivity contribution in [2.75, 3.05) is 0 Å². The number of hydrogen-bond donors (Lipinski definition) is 1. The molecule has 1 aliphatic rings. The van der Waals surface area contributed by atoms with Crippen molar-refractivity contribution in [2.45, 2.75) is 39.8 Å². The summed E-state index contributed by atoms with van der Waals surface area (Å²) in [6.07, 6.45) is 0.633. The molecule has 2 aromatic rings. The number of amides is 3. The van der Waals surface area contributed by atoms with Crippen LogP contribution in [0.3, 0.4) is 0 Å². The zero-order valence-electron chi connectivity index (χ0n) is 14.1. The summed E-state index contributed by atoms with van der Waals surface area (Å²) in [5.41, 5.74) is 1.46. The first kappa shape index (κ1) is 16.2. The molecule has 1 aromatic heterocycles. The summed E-state index contributed by atoms with van der Waals surface area (Å²) in [4.78, 5) is 30.2. The highest BCUT2D eigenvalue weighted by atomic mass is 16.4. The lowest BCUT2D eigenvalue weighted by Crippen LogP contribution is -2.31. The molecule has 126 valence electrons. The lowest BCUT2D eigenvalue weighted by molar-refractivity contribution is -0.128. The molecule has 1 aromatic carbocycles. The monoisotopic (exact) mass is 327 g/mol. The fraction of sp³-hybridized carbons (Fsp3) is 0.389. The van der Waals surface area contributed by atoms with Gasteiger partial charge in [-0.15, -0.1) is 0 Å². The molecule has 0 spiro atoms. The van der Waals surface area contributed by atoms with E-state index in [1.54, 1.807) is 6.92 Å². The highest BCUT2D eigenvalue weighted by molar-refractivity contribution is 6.04. The lowest BCUT2D eigenvalue weighted by atomic mass is 10.0. The van der Waals surface area contributed by atoms with Crippen LogP contribution in [0.1, 0.15) is 31.7 Å². The number of urea groups is 1. The Morgan fingerprint density at radius 1 is 1.25 bits per heavy atom. The van der Waals surface area contributed by atoms with E-state index >= 15 is 0 Å². The van der Waals surface area contributed by atoms with Gasteiger partial charge in [0.1, 0.15) is 17.5 Å². The summed E-state index contributed by atoms with van der Waals surface area (Å²) < 4.78 is 5.69. The molecule has 1 atom stereocenters. The van der Waals surface area contributed by atoms with E-state index in [9.17, 15) is 9.59 Å². The fourth-order valence-corrected chi connectivity index (χ4v) is 2.79.